The summed E-state index contributed by atoms with van der Waals surface area (Å²) in [5, 5.41) is 8.51. The molecule has 1 heteroatoms. The van der Waals surface area contributed by atoms with E-state index in [4.69, 9.17) is 5.11 Å². The Hall–Kier alpha value is -1.08. The Morgan fingerprint density at radius 3 is 2.91 bits per heavy atom. The molecule has 1 nitrogen and oxygen atoms in total. The summed E-state index contributed by atoms with van der Waals surface area (Å²) in [5.74, 6) is 0. The van der Waals surface area contributed by atoms with E-state index in [0.29, 0.717) is 0 Å². The summed E-state index contributed by atoms with van der Waals surface area (Å²) in [6, 6.07) is 8.15. The molecule has 1 rings (SSSR count). The first-order valence-corrected chi connectivity index (χ1v) is 3.67. The van der Waals surface area contributed by atoms with Crippen LogP contribution in [0.25, 0.3) is 6.08 Å². The average Bonchev–Trinajstić information content (AvgIpc) is 2.01. The van der Waals surface area contributed by atoms with Crippen LogP contribution < -0.4 is 0 Å². The molecule has 0 fully saturated rings. The van der Waals surface area contributed by atoms with Crippen LogP contribution in [-0.4, -0.2) is 11.7 Å². The molecule has 0 aromatic heterocycles. The van der Waals surface area contributed by atoms with Gasteiger partial charge in [0.05, 0.1) is 6.61 Å². The Bertz CT molecular complexity index is 251. The summed E-state index contributed by atoms with van der Waals surface area (Å²) in [6.45, 7) is 2.16. The molecule has 0 saturated heterocycles. The molecule has 0 radical (unpaired) electrons. The smallest absolute Gasteiger partial charge is 0.0615 e. The van der Waals surface area contributed by atoms with Crippen molar-refractivity contribution in [3.63, 3.8) is 0 Å². The van der Waals surface area contributed by atoms with Crippen LogP contribution in [0.5, 0.6) is 0 Å². The third kappa shape index (κ3) is 2.56. The Morgan fingerprint density at radius 2 is 2.27 bits per heavy atom. The van der Waals surface area contributed by atoms with Gasteiger partial charge in [0.1, 0.15) is 0 Å². The quantitative estimate of drug-likeness (QED) is 0.680. The maximum absolute atomic E-state index is 8.51. The largest absolute Gasteiger partial charge is 0.392 e. The fourth-order valence-electron chi connectivity index (χ4n) is 0.963. The Labute approximate surface area is 67.0 Å². The van der Waals surface area contributed by atoms with Crippen LogP contribution in [-0.2, 0) is 0 Å². The molecular formula is C10H12O. The minimum absolute atomic E-state index is 0.105. The summed E-state index contributed by atoms with van der Waals surface area (Å²) in [5.41, 5.74) is 2.38. The molecule has 0 bridgehead atoms. The van der Waals surface area contributed by atoms with Gasteiger partial charge in [-0.2, -0.15) is 0 Å². The van der Waals surface area contributed by atoms with E-state index in [2.05, 4.69) is 19.1 Å². The molecule has 0 aliphatic carbocycles. The zero-order valence-electron chi connectivity index (χ0n) is 6.62. The zero-order chi connectivity index (χ0) is 8.10. The van der Waals surface area contributed by atoms with Gasteiger partial charge < -0.3 is 5.11 Å². The van der Waals surface area contributed by atoms with E-state index in [0.717, 1.165) is 5.56 Å². The molecule has 0 aliphatic rings. The van der Waals surface area contributed by atoms with Crippen molar-refractivity contribution in [2.45, 2.75) is 6.92 Å². The van der Waals surface area contributed by atoms with E-state index in [1.165, 1.54) is 5.56 Å². The molecular weight excluding hydrogens is 136 g/mol. The maximum Gasteiger partial charge on any atom is 0.0615 e. The standard InChI is InChI=1S/C10H12O/c1-9-4-2-5-10(8-9)6-3-7-11/h2-6,8,11H,7H2,1H3. The maximum atomic E-state index is 8.51. The summed E-state index contributed by atoms with van der Waals surface area (Å²) in [4.78, 5) is 0. The number of benzene rings is 1. The van der Waals surface area contributed by atoms with Crippen molar-refractivity contribution in [1.82, 2.24) is 0 Å². The topological polar surface area (TPSA) is 20.2 Å². The Morgan fingerprint density at radius 1 is 1.45 bits per heavy atom. The number of aliphatic hydroxyl groups excluding tert-OH is 1. The fraction of sp³-hybridized carbons (Fsp3) is 0.200. The average molecular weight is 148 g/mol. The third-order valence-corrected chi connectivity index (χ3v) is 1.46. The van der Waals surface area contributed by atoms with E-state index >= 15 is 0 Å². The highest BCUT2D eigenvalue weighted by Crippen LogP contribution is 2.04. The summed E-state index contributed by atoms with van der Waals surface area (Å²) >= 11 is 0. The van der Waals surface area contributed by atoms with Crippen LogP contribution in [0.15, 0.2) is 30.3 Å². The molecule has 0 atom stereocenters. The molecule has 1 aromatic rings. The molecule has 0 spiro atoms. The van der Waals surface area contributed by atoms with Gasteiger partial charge in [-0.1, -0.05) is 42.0 Å². The molecule has 58 valence electrons. The number of hydrogen-bond donors (Lipinski definition) is 1. The van der Waals surface area contributed by atoms with E-state index in [1.54, 1.807) is 6.08 Å². The molecule has 0 aliphatic heterocycles. The van der Waals surface area contributed by atoms with Crippen molar-refractivity contribution in [3.8, 4) is 0 Å². The lowest BCUT2D eigenvalue weighted by Crippen LogP contribution is -1.75. The SMILES string of the molecule is Cc1cccc(C=CCO)c1. The van der Waals surface area contributed by atoms with E-state index in [1.807, 2.05) is 18.2 Å². The first kappa shape index (κ1) is 8.02. The van der Waals surface area contributed by atoms with Crippen molar-refractivity contribution in [1.29, 1.82) is 0 Å². The van der Waals surface area contributed by atoms with Crippen molar-refractivity contribution in [3.05, 3.63) is 41.5 Å². The van der Waals surface area contributed by atoms with Gasteiger partial charge in [-0.3, -0.25) is 0 Å². The first-order valence-electron chi connectivity index (χ1n) is 3.67. The van der Waals surface area contributed by atoms with E-state index in [-0.39, 0.29) is 6.61 Å². The van der Waals surface area contributed by atoms with Gasteiger partial charge in [-0.05, 0) is 12.5 Å². The zero-order valence-corrected chi connectivity index (χ0v) is 6.62. The van der Waals surface area contributed by atoms with E-state index < -0.39 is 0 Å². The van der Waals surface area contributed by atoms with Crippen LogP contribution in [0.1, 0.15) is 11.1 Å². The monoisotopic (exact) mass is 148 g/mol. The van der Waals surface area contributed by atoms with Crippen LogP contribution >= 0.6 is 0 Å². The number of aryl methyl sites for hydroxylation is 1. The molecule has 0 heterocycles. The highest BCUT2D eigenvalue weighted by molar-refractivity contribution is 5.50. The van der Waals surface area contributed by atoms with Gasteiger partial charge in [-0.25, -0.2) is 0 Å². The van der Waals surface area contributed by atoms with Crippen LogP contribution in [0.3, 0.4) is 0 Å². The summed E-state index contributed by atoms with van der Waals surface area (Å²) < 4.78 is 0. The normalized spacial score (nSPS) is 10.7. The molecule has 0 unspecified atom stereocenters. The van der Waals surface area contributed by atoms with Crippen LogP contribution in [0.4, 0.5) is 0 Å². The van der Waals surface area contributed by atoms with Crippen LogP contribution in [0.2, 0.25) is 0 Å². The predicted octanol–water partition coefficient (Wildman–Crippen LogP) is 2.00. The number of rotatable bonds is 2. The second-order valence-corrected chi connectivity index (χ2v) is 2.50. The number of aliphatic hydroxyl groups is 1. The molecule has 1 N–H and O–H groups in total. The van der Waals surface area contributed by atoms with Crippen LogP contribution in [0, 0.1) is 6.92 Å². The third-order valence-electron chi connectivity index (χ3n) is 1.46. The fourth-order valence-corrected chi connectivity index (χ4v) is 0.963. The van der Waals surface area contributed by atoms with Crippen molar-refractivity contribution >= 4 is 6.08 Å². The number of hydrogen-bond acceptors (Lipinski definition) is 1. The minimum atomic E-state index is 0.105. The highest BCUT2D eigenvalue weighted by Gasteiger charge is 1.85. The van der Waals surface area contributed by atoms with Gasteiger partial charge in [0.15, 0.2) is 0 Å². The molecule has 0 saturated carbocycles. The molecule has 11 heavy (non-hydrogen) atoms. The highest BCUT2D eigenvalue weighted by atomic mass is 16.2. The van der Waals surface area contributed by atoms with Crippen molar-refractivity contribution in [2.75, 3.05) is 6.61 Å². The van der Waals surface area contributed by atoms with Gasteiger partial charge in [0, 0.05) is 0 Å². The van der Waals surface area contributed by atoms with Gasteiger partial charge >= 0.3 is 0 Å². The lowest BCUT2D eigenvalue weighted by Gasteiger charge is -1.93. The first-order chi connectivity index (χ1) is 5.33. The van der Waals surface area contributed by atoms with Crippen molar-refractivity contribution < 1.29 is 5.11 Å². The second-order valence-electron chi connectivity index (χ2n) is 2.50. The van der Waals surface area contributed by atoms with Gasteiger partial charge in [0.25, 0.3) is 0 Å². The Balaban J connectivity index is 2.79. The van der Waals surface area contributed by atoms with Gasteiger partial charge in [0.2, 0.25) is 0 Å². The van der Waals surface area contributed by atoms with Crippen molar-refractivity contribution in [2.24, 2.45) is 0 Å². The van der Waals surface area contributed by atoms with Gasteiger partial charge in [-0.15, -0.1) is 0 Å². The van der Waals surface area contributed by atoms with E-state index in [9.17, 15) is 0 Å². The second kappa shape index (κ2) is 3.94. The molecule has 0 amide bonds. The summed E-state index contributed by atoms with van der Waals surface area (Å²) in [7, 11) is 0. The Kier molecular flexibility index (Phi) is 2.87. The predicted molar refractivity (Wildman–Crippen MR) is 47.3 cm³/mol. The summed E-state index contributed by atoms with van der Waals surface area (Å²) in [6.07, 6.45) is 3.64. The lowest BCUT2D eigenvalue weighted by molar-refractivity contribution is 0.343. The lowest BCUT2D eigenvalue weighted by atomic mass is 10.1. The molecule has 1 aromatic carbocycles. The minimum Gasteiger partial charge on any atom is -0.392 e.